The molecule has 1 aliphatic heterocycles. The molecule has 0 aromatic heterocycles. The molecule has 1 saturated carbocycles. The van der Waals surface area contributed by atoms with Crippen LogP contribution < -0.4 is 20.3 Å². The topological polar surface area (TPSA) is 69.1 Å². The van der Waals surface area contributed by atoms with Gasteiger partial charge in [0, 0.05) is 31.1 Å². The minimum Gasteiger partial charge on any atom is -0.495 e. The predicted octanol–water partition coefficient (Wildman–Crippen LogP) is 3.39. The minimum absolute atomic E-state index is 0. The molecule has 3 unspecified atom stereocenters. The van der Waals surface area contributed by atoms with Gasteiger partial charge in [-0.2, -0.15) is 0 Å². The van der Waals surface area contributed by atoms with Gasteiger partial charge in [0.05, 0.1) is 25.4 Å². The standard InChI is InChI=1S/C22H36N4O2.HI/c1-4-23-21(24-16-22(2)13-8-7-11-20(22)27)25-17-12-14-26(15-17)18-9-5-6-10-19(18)28-3;/h5-6,9-10,17,20,27H,4,7-8,11-16H2,1-3H3,(H2,23,24,25);1H. The minimum atomic E-state index is -0.250. The highest BCUT2D eigenvalue weighted by Gasteiger charge is 2.35. The van der Waals surface area contributed by atoms with Crippen LogP contribution in [0.1, 0.15) is 46.0 Å². The third-order valence-electron chi connectivity index (χ3n) is 6.18. The molecule has 0 amide bonds. The van der Waals surface area contributed by atoms with Crippen molar-refractivity contribution in [2.45, 2.75) is 58.1 Å². The average Bonchev–Trinajstić information content (AvgIpc) is 3.17. The normalized spacial score (nSPS) is 27.3. The van der Waals surface area contributed by atoms with Gasteiger partial charge in [0.25, 0.3) is 0 Å². The molecule has 2 aliphatic rings. The lowest BCUT2D eigenvalue weighted by Crippen LogP contribution is -2.46. The molecule has 3 atom stereocenters. The van der Waals surface area contributed by atoms with Crippen molar-refractivity contribution < 1.29 is 9.84 Å². The molecular weight excluding hydrogens is 479 g/mol. The monoisotopic (exact) mass is 516 g/mol. The van der Waals surface area contributed by atoms with Crippen LogP contribution in [0.2, 0.25) is 0 Å². The van der Waals surface area contributed by atoms with Crippen molar-refractivity contribution in [3.63, 3.8) is 0 Å². The maximum Gasteiger partial charge on any atom is 0.191 e. The molecular formula is C22H37IN4O2. The molecule has 1 aromatic carbocycles. The molecule has 0 spiro atoms. The Kier molecular flexibility index (Phi) is 9.33. The molecule has 1 saturated heterocycles. The Balaban J connectivity index is 0.00000300. The second-order valence-corrected chi connectivity index (χ2v) is 8.36. The van der Waals surface area contributed by atoms with E-state index in [1.165, 1.54) is 6.42 Å². The van der Waals surface area contributed by atoms with Crippen LogP contribution in [0.3, 0.4) is 0 Å². The number of hydrogen-bond acceptors (Lipinski definition) is 4. The molecule has 164 valence electrons. The quantitative estimate of drug-likeness (QED) is 0.307. The number of hydrogen-bond donors (Lipinski definition) is 3. The summed E-state index contributed by atoms with van der Waals surface area (Å²) in [6.07, 6.45) is 5.06. The van der Waals surface area contributed by atoms with E-state index < -0.39 is 0 Å². The Labute approximate surface area is 192 Å². The SMILES string of the molecule is CCNC(=NCC1(C)CCCCC1O)NC1CCN(c2ccccc2OC)C1.I. The average molecular weight is 516 g/mol. The van der Waals surface area contributed by atoms with Gasteiger partial charge in [-0.3, -0.25) is 4.99 Å². The number of benzene rings is 1. The van der Waals surface area contributed by atoms with Crippen LogP contribution >= 0.6 is 24.0 Å². The predicted molar refractivity (Wildman–Crippen MR) is 131 cm³/mol. The number of methoxy groups -OCH3 is 1. The van der Waals surface area contributed by atoms with E-state index in [2.05, 4.69) is 41.5 Å². The number of aliphatic hydroxyl groups excluding tert-OH is 1. The van der Waals surface area contributed by atoms with Crippen LogP contribution in [-0.4, -0.2) is 56.5 Å². The fourth-order valence-electron chi connectivity index (χ4n) is 4.33. The van der Waals surface area contributed by atoms with Gasteiger partial charge < -0.3 is 25.4 Å². The van der Waals surface area contributed by atoms with Crippen LogP contribution in [0.4, 0.5) is 5.69 Å². The third kappa shape index (κ3) is 6.13. The molecule has 29 heavy (non-hydrogen) atoms. The van der Waals surface area contributed by atoms with Gasteiger partial charge in [0.15, 0.2) is 5.96 Å². The van der Waals surface area contributed by atoms with E-state index in [0.29, 0.717) is 12.6 Å². The van der Waals surface area contributed by atoms with Crippen molar-refractivity contribution >= 4 is 35.6 Å². The van der Waals surface area contributed by atoms with Crippen LogP contribution in [0.25, 0.3) is 0 Å². The van der Waals surface area contributed by atoms with Gasteiger partial charge in [0.2, 0.25) is 0 Å². The zero-order chi connectivity index (χ0) is 20.0. The Bertz CT molecular complexity index is 672. The maximum absolute atomic E-state index is 10.4. The molecule has 3 N–H and O–H groups in total. The van der Waals surface area contributed by atoms with Gasteiger partial charge in [-0.25, -0.2) is 0 Å². The molecule has 1 aliphatic carbocycles. The number of aliphatic hydroxyl groups is 1. The second-order valence-electron chi connectivity index (χ2n) is 8.36. The van der Waals surface area contributed by atoms with E-state index in [9.17, 15) is 5.11 Å². The van der Waals surface area contributed by atoms with Gasteiger partial charge in [-0.15, -0.1) is 24.0 Å². The molecule has 0 bridgehead atoms. The van der Waals surface area contributed by atoms with E-state index in [-0.39, 0.29) is 35.5 Å². The fraction of sp³-hybridized carbons (Fsp3) is 0.682. The van der Waals surface area contributed by atoms with Gasteiger partial charge >= 0.3 is 0 Å². The summed E-state index contributed by atoms with van der Waals surface area (Å²) in [4.78, 5) is 7.21. The lowest BCUT2D eigenvalue weighted by Gasteiger charge is -2.37. The van der Waals surface area contributed by atoms with Gasteiger partial charge in [0.1, 0.15) is 5.75 Å². The van der Waals surface area contributed by atoms with Crippen molar-refractivity contribution in [2.75, 3.05) is 38.2 Å². The molecule has 6 nitrogen and oxygen atoms in total. The van der Waals surface area contributed by atoms with Crippen molar-refractivity contribution in [3.05, 3.63) is 24.3 Å². The number of halogens is 1. The molecule has 0 radical (unpaired) electrons. The zero-order valence-electron chi connectivity index (χ0n) is 18.0. The van der Waals surface area contributed by atoms with E-state index >= 15 is 0 Å². The first-order valence-electron chi connectivity index (χ1n) is 10.7. The number of ether oxygens (including phenoxy) is 1. The summed E-state index contributed by atoms with van der Waals surface area (Å²) < 4.78 is 5.52. The molecule has 7 heteroatoms. The molecule has 2 fully saturated rings. The first-order valence-corrected chi connectivity index (χ1v) is 10.7. The number of rotatable bonds is 6. The fourth-order valence-corrected chi connectivity index (χ4v) is 4.33. The first-order chi connectivity index (χ1) is 13.6. The summed E-state index contributed by atoms with van der Waals surface area (Å²) in [6, 6.07) is 8.53. The highest BCUT2D eigenvalue weighted by Crippen LogP contribution is 2.36. The Hall–Kier alpha value is -1.22. The van der Waals surface area contributed by atoms with Crippen molar-refractivity contribution in [1.82, 2.24) is 10.6 Å². The number of aliphatic imine (C=N–C) groups is 1. The van der Waals surface area contributed by atoms with E-state index in [1.807, 2.05) is 12.1 Å². The van der Waals surface area contributed by atoms with Crippen molar-refractivity contribution in [3.8, 4) is 5.75 Å². The van der Waals surface area contributed by atoms with Crippen LogP contribution in [0.15, 0.2) is 29.3 Å². The largest absolute Gasteiger partial charge is 0.495 e. The van der Waals surface area contributed by atoms with Crippen molar-refractivity contribution in [2.24, 2.45) is 10.4 Å². The summed E-state index contributed by atoms with van der Waals surface area (Å²) in [6.45, 7) is 7.66. The Morgan fingerprint density at radius 3 is 2.83 bits per heavy atom. The highest BCUT2D eigenvalue weighted by atomic mass is 127. The molecule has 3 rings (SSSR count). The van der Waals surface area contributed by atoms with Gasteiger partial charge in [-0.05, 0) is 38.3 Å². The van der Waals surface area contributed by atoms with E-state index in [1.54, 1.807) is 7.11 Å². The second kappa shape index (κ2) is 11.2. The number of anilines is 1. The van der Waals surface area contributed by atoms with Crippen molar-refractivity contribution in [1.29, 1.82) is 0 Å². The number of guanidine groups is 1. The zero-order valence-corrected chi connectivity index (χ0v) is 20.3. The summed E-state index contributed by atoms with van der Waals surface area (Å²) in [5.74, 6) is 1.77. The van der Waals surface area contributed by atoms with Crippen LogP contribution in [-0.2, 0) is 0 Å². The van der Waals surface area contributed by atoms with E-state index in [4.69, 9.17) is 9.73 Å². The Morgan fingerprint density at radius 1 is 1.31 bits per heavy atom. The lowest BCUT2D eigenvalue weighted by atomic mass is 9.73. The molecule has 1 heterocycles. The van der Waals surface area contributed by atoms with E-state index in [0.717, 1.165) is 62.7 Å². The number of nitrogens with one attached hydrogen (secondary N) is 2. The summed E-state index contributed by atoms with van der Waals surface area (Å²) >= 11 is 0. The highest BCUT2D eigenvalue weighted by molar-refractivity contribution is 14.0. The number of nitrogens with zero attached hydrogens (tertiary/aromatic N) is 2. The molecule has 1 aromatic rings. The summed E-state index contributed by atoms with van der Waals surface area (Å²) in [5.41, 5.74) is 1.04. The van der Waals surface area contributed by atoms with Crippen LogP contribution in [0.5, 0.6) is 5.75 Å². The maximum atomic E-state index is 10.4. The first kappa shape index (κ1) is 24.1. The van der Waals surface area contributed by atoms with Gasteiger partial charge in [-0.1, -0.05) is 31.9 Å². The summed E-state index contributed by atoms with van der Waals surface area (Å²) in [7, 11) is 1.72. The van der Waals surface area contributed by atoms with Crippen LogP contribution in [0, 0.1) is 5.41 Å². The lowest BCUT2D eigenvalue weighted by molar-refractivity contribution is 0.00716. The Morgan fingerprint density at radius 2 is 2.10 bits per heavy atom. The smallest absolute Gasteiger partial charge is 0.191 e. The number of para-hydroxylation sites is 2. The third-order valence-corrected chi connectivity index (χ3v) is 6.18. The summed E-state index contributed by atoms with van der Waals surface area (Å²) in [5, 5.41) is 17.4.